The van der Waals surface area contributed by atoms with Crippen molar-refractivity contribution in [1.82, 2.24) is 0 Å². The van der Waals surface area contributed by atoms with Crippen LogP contribution in [0.1, 0.15) is 49.0 Å². The summed E-state index contributed by atoms with van der Waals surface area (Å²) in [5, 5.41) is 0. The van der Waals surface area contributed by atoms with E-state index >= 15 is 0 Å². The fourth-order valence-electron chi connectivity index (χ4n) is 1.90. The number of rotatable bonds is 7. The maximum atomic E-state index is 12.2. The summed E-state index contributed by atoms with van der Waals surface area (Å²) >= 11 is 3.33. The molecule has 0 saturated carbocycles. The van der Waals surface area contributed by atoms with Crippen molar-refractivity contribution in [1.29, 1.82) is 0 Å². The zero-order valence-corrected chi connectivity index (χ0v) is 14.2. The monoisotopic (exact) mass is 368 g/mol. The first-order valence-corrected chi connectivity index (χ1v) is 7.64. The molecule has 0 saturated heterocycles. The molecule has 1 aromatic carbocycles. The Labute approximate surface area is 137 Å². The average Bonchev–Trinajstić information content (AvgIpc) is 2.46. The van der Waals surface area contributed by atoms with Crippen LogP contribution in [0.2, 0.25) is 0 Å². The zero-order chi connectivity index (χ0) is 16.9. The molecule has 0 atom stereocenters. The first-order valence-electron chi connectivity index (χ1n) is 6.84. The Morgan fingerprint density at radius 1 is 1.18 bits per heavy atom. The Hall–Kier alpha value is -1.82. The smallest absolute Gasteiger partial charge is 0.382 e. The highest BCUT2D eigenvalue weighted by Crippen LogP contribution is 2.25. The third-order valence-electron chi connectivity index (χ3n) is 2.97. The van der Waals surface area contributed by atoms with Crippen LogP contribution in [0.4, 0.5) is 0 Å². The van der Waals surface area contributed by atoms with E-state index in [4.69, 9.17) is 0 Å². The summed E-state index contributed by atoms with van der Waals surface area (Å²) in [5.41, 5.74) is 1.15. The van der Waals surface area contributed by atoms with Crippen LogP contribution < -0.4 is 0 Å². The van der Waals surface area contributed by atoms with Crippen molar-refractivity contribution in [2.45, 2.75) is 33.1 Å². The molecule has 1 rings (SSSR count). The van der Waals surface area contributed by atoms with E-state index in [1.165, 1.54) is 6.92 Å². The molecule has 0 aliphatic carbocycles. The Kier molecular flexibility index (Phi) is 6.61. The third kappa shape index (κ3) is 4.59. The van der Waals surface area contributed by atoms with Gasteiger partial charge < -0.3 is 4.74 Å². The molecule has 0 N–H and O–H groups in total. The number of esters is 1. The molecule has 0 heterocycles. The quantitative estimate of drug-likeness (QED) is 0.320. The third-order valence-corrected chi connectivity index (χ3v) is 3.46. The van der Waals surface area contributed by atoms with Gasteiger partial charge in [-0.25, -0.2) is 4.79 Å². The van der Waals surface area contributed by atoms with Crippen molar-refractivity contribution in [2.75, 3.05) is 6.61 Å². The van der Waals surface area contributed by atoms with E-state index in [0.717, 1.165) is 10.0 Å². The molecule has 0 aromatic heterocycles. The fourth-order valence-corrected chi connectivity index (χ4v) is 2.28. The van der Waals surface area contributed by atoms with Gasteiger partial charge in [-0.1, -0.05) is 29.8 Å². The largest absolute Gasteiger partial charge is 0.460 e. The number of ketones is 3. The lowest BCUT2D eigenvalue weighted by atomic mass is 9.93. The second kappa shape index (κ2) is 7.98. The second-order valence-electron chi connectivity index (χ2n) is 4.96. The number of hydrogen-bond donors (Lipinski definition) is 0. The number of carbonyl (C=O) groups is 4. The molecule has 0 aliphatic heterocycles. The summed E-state index contributed by atoms with van der Waals surface area (Å²) in [5.74, 6) is -3.98. The molecular formula is C16H17BrO5. The van der Waals surface area contributed by atoms with Crippen LogP contribution in [-0.4, -0.2) is 29.9 Å². The average molecular weight is 369 g/mol. The SMILES string of the molecule is CCOC(=O)C(=O)C(=O)CC(=O)c1ccc(Br)cc1C(C)C. The Balaban J connectivity index is 2.92. The van der Waals surface area contributed by atoms with Crippen molar-refractivity contribution < 1.29 is 23.9 Å². The predicted octanol–water partition coefficient (Wildman–Crippen LogP) is 2.85. The van der Waals surface area contributed by atoms with E-state index in [1.54, 1.807) is 18.2 Å². The summed E-state index contributed by atoms with van der Waals surface area (Å²) in [7, 11) is 0. The van der Waals surface area contributed by atoms with Crippen molar-refractivity contribution >= 4 is 39.2 Å². The first-order chi connectivity index (χ1) is 10.3. The van der Waals surface area contributed by atoms with Crippen LogP contribution >= 0.6 is 15.9 Å². The van der Waals surface area contributed by atoms with Crippen LogP contribution in [0.3, 0.4) is 0 Å². The van der Waals surface area contributed by atoms with Gasteiger partial charge in [0.15, 0.2) is 5.78 Å². The van der Waals surface area contributed by atoms with Gasteiger partial charge in [0.05, 0.1) is 13.0 Å². The number of benzene rings is 1. The highest BCUT2D eigenvalue weighted by atomic mass is 79.9. The number of hydrogen-bond acceptors (Lipinski definition) is 5. The molecule has 6 heteroatoms. The topological polar surface area (TPSA) is 77.5 Å². The van der Waals surface area contributed by atoms with E-state index in [1.807, 2.05) is 13.8 Å². The fraction of sp³-hybridized carbons (Fsp3) is 0.375. The zero-order valence-electron chi connectivity index (χ0n) is 12.6. The van der Waals surface area contributed by atoms with Crippen molar-refractivity contribution in [3.05, 3.63) is 33.8 Å². The maximum absolute atomic E-state index is 12.2. The van der Waals surface area contributed by atoms with Crippen LogP contribution in [0, 0.1) is 0 Å². The summed E-state index contributed by atoms with van der Waals surface area (Å²) in [6, 6.07) is 5.09. The van der Waals surface area contributed by atoms with Gasteiger partial charge in [0, 0.05) is 10.0 Å². The lowest BCUT2D eigenvalue weighted by molar-refractivity contribution is -0.156. The molecule has 22 heavy (non-hydrogen) atoms. The van der Waals surface area contributed by atoms with Gasteiger partial charge in [0.25, 0.3) is 0 Å². The summed E-state index contributed by atoms with van der Waals surface area (Å²) in [4.78, 5) is 46.6. The van der Waals surface area contributed by atoms with Gasteiger partial charge in [-0.3, -0.25) is 14.4 Å². The number of Topliss-reactive ketones (excluding diaryl/α,β-unsaturated/α-hetero) is 3. The number of ether oxygens (including phenoxy) is 1. The lowest BCUT2D eigenvalue weighted by Gasteiger charge is -2.12. The standard InChI is InChI=1S/C16H17BrO5/c1-4-22-16(21)15(20)14(19)8-13(18)11-6-5-10(17)7-12(11)9(2)3/h5-7,9H,4,8H2,1-3H3. The summed E-state index contributed by atoms with van der Waals surface area (Å²) in [6.45, 7) is 5.36. The maximum Gasteiger partial charge on any atom is 0.382 e. The second-order valence-corrected chi connectivity index (χ2v) is 5.87. The predicted molar refractivity (Wildman–Crippen MR) is 83.8 cm³/mol. The molecule has 0 spiro atoms. The minimum atomic E-state index is -1.29. The highest BCUT2D eigenvalue weighted by molar-refractivity contribution is 9.10. The first kappa shape index (κ1) is 18.2. The van der Waals surface area contributed by atoms with Crippen LogP contribution in [-0.2, 0) is 19.1 Å². The molecule has 0 radical (unpaired) electrons. The van der Waals surface area contributed by atoms with Crippen LogP contribution in [0.15, 0.2) is 22.7 Å². The summed E-state index contributed by atoms with van der Waals surface area (Å²) < 4.78 is 5.28. The molecule has 0 aliphatic rings. The van der Waals surface area contributed by atoms with Gasteiger partial charge in [0.2, 0.25) is 5.78 Å². The van der Waals surface area contributed by atoms with E-state index in [2.05, 4.69) is 20.7 Å². The van der Waals surface area contributed by atoms with E-state index in [0.29, 0.717) is 5.56 Å². The Bertz CT molecular complexity index is 619. The van der Waals surface area contributed by atoms with Gasteiger partial charge in [-0.05, 0) is 36.6 Å². The van der Waals surface area contributed by atoms with Crippen LogP contribution in [0.25, 0.3) is 0 Å². The Morgan fingerprint density at radius 2 is 1.82 bits per heavy atom. The van der Waals surface area contributed by atoms with Crippen molar-refractivity contribution in [3.63, 3.8) is 0 Å². The van der Waals surface area contributed by atoms with Gasteiger partial charge in [-0.15, -0.1) is 0 Å². The minimum absolute atomic E-state index is 0.00396. The van der Waals surface area contributed by atoms with Gasteiger partial charge in [0.1, 0.15) is 0 Å². The number of carbonyl (C=O) groups excluding carboxylic acids is 4. The molecule has 5 nitrogen and oxygen atoms in total. The van der Waals surface area contributed by atoms with Gasteiger partial charge in [-0.2, -0.15) is 0 Å². The van der Waals surface area contributed by atoms with Crippen LogP contribution in [0.5, 0.6) is 0 Å². The molecule has 0 fully saturated rings. The molecule has 0 unspecified atom stereocenters. The van der Waals surface area contributed by atoms with E-state index in [-0.39, 0.29) is 12.5 Å². The number of halogens is 1. The summed E-state index contributed by atoms with van der Waals surface area (Å²) in [6.07, 6.45) is -0.640. The van der Waals surface area contributed by atoms with Gasteiger partial charge >= 0.3 is 11.8 Å². The van der Waals surface area contributed by atoms with Crippen molar-refractivity contribution in [2.24, 2.45) is 0 Å². The Morgan fingerprint density at radius 3 is 2.36 bits per heavy atom. The normalized spacial score (nSPS) is 10.4. The molecule has 1 aromatic rings. The van der Waals surface area contributed by atoms with E-state index < -0.39 is 29.7 Å². The van der Waals surface area contributed by atoms with E-state index in [9.17, 15) is 19.2 Å². The molecule has 0 bridgehead atoms. The molecule has 0 amide bonds. The molecule has 118 valence electrons. The lowest BCUT2D eigenvalue weighted by Crippen LogP contribution is -2.28. The van der Waals surface area contributed by atoms with Crippen molar-refractivity contribution in [3.8, 4) is 0 Å². The highest BCUT2D eigenvalue weighted by Gasteiger charge is 2.27. The minimum Gasteiger partial charge on any atom is -0.460 e. The molecular weight excluding hydrogens is 352 g/mol.